The van der Waals surface area contributed by atoms with Gasteiger partial charge in [0.1, 0.15) is 5.52 Å². The molecule has 0 aromatic carbocycles. The van der Waals surface area contributed by atoms with Gasteiger partial charge in [-0.1, -0.05) is 56.9 Å². The quantitative estimate of drug-likeness (QED) is 0.238. The summed E-state index contributed by atoms with van der Waals surface area (Å²) in [5, 5.41) is 7.70. The van der Waals surface area contributed by atoms with Gasteiger partial charge in [-0.25, -0.2) is 9.97 Å². The van der Waals surface area contributed by atoms with E-state index in [1.54, 1.807) is 12.3 Å². The van der Waals surface area contributed by atoms with Gasteiger partial charge in [0.2, 0.25) is 0 Å². The molecule has 1 aliphatic rings. The average Bonchev–Trinajstić information content (AvgIpc) is 3.55. The van der Waals surface area contributed by atoms with Gasteiger partial charge in [-0.2, -0.15) is 5.10 Å². The number of hydrogen-bond donors (Lipinski definition) is 2. The highest BCUT2D eigenvalue weighted by Crippen LogP contribution is 2.31. The summed E-state index contributed by atoms with van der Waals surface area (Å²) < 4.78 is 0. The summed E-state index contributed by atoms with van der Waals surface area (Å²) >= 11 is 0. The Morgan fingerprint density at radius 3 is 2.76 bits per heavy atom. The van der Waals surface area contributed by atoms with Crippen molar-refractivity contribution >= 4 is 16.6 Å². The lowest BCUT2D eigenvalue weighted by molar-refractivity contribution is 0.356. The molecule has 0 spiro atoms. The summed E-state index contributed by atoms with van der Waals surface area (Å²) in [4.78, 5) is 22.2. The van der Waals surface area contributed by atoms with Gasteiger partial charge in [0.05, 0.1) is 16.9 Å². The number of rotatable bonds is 7. The molecule has 1 fully saturated rings. The lowest BCUT2D eigenvalue weighted by Gasteiger charge is -2.21. The molecule has 0 saturated heterocycles. The van der Waals surface area contributed by atoms with Gasteiger partial charge in [0, 0.05) is 47.2 Å². The van der Waals surface area contributed by atoms with Crippen LogP contribution in [-0.2, 0) is 6.42 Å². The van der Waals surface area contributed by atoms with Gasteiger partial charge in [0.15, 0.2) is 11.5 Å². The number of aromatic nitrogens is 7. The van der Waals surface area contributed by atoms with Crippen molar-refractivity contribution < 1.29 is 0 Å². The smallest absolute Gasteiger partial charge is 0.161 e. The highest BCUT2D eigenvalue weighted by atomic mass is 15.2. The molecule has 0 aliphatic heterocycles. The molecular weight excluding hydrogens is 470 g/mol. The van der Waals surface area contributed by atoms with E-state index in [0.29, 0.717) is 11.5 Å². The number of aromatic amines is 2. The van der Waals surface area contributed by atoms with Crippen molar-refractivity contribution in [1.82, 2.24) is 35.1 Å². The molecule has 0 bridgehead atoms. The van der Waals surface area contributed by atoms with Crippen molar-refractivity contribution in [3.8, 4) is 22.8 Å². The molecule has 0 radical (unpaired) electrons. The van der Waals surface area contributed by atoms with E-state index in [1.807, 2.05) is 55.9 Å². The molecule has 38 heavy (non-hydrogen) atoms. The van der Waals surface area contributed by atoms with Crippen LogP contribution in [0.2, 0.25) is 0 Å². The summed E-state index contributed by atoms with van der Waals surface area (Å²) in [6.45, 7) is 5.90. The molecule has 5 aromatic heterocycles. The van der Waals surface area contributed by atoms with Gasteiger partial charge in [0.25, 0.3) is 0 Å². The van der Waals surface area contributed by atoms with Gasteiger partial charge in [-0.15, -0.1) is 0 Å². The number of imidazole rings is 1. The molecular formula is C31H31N7. The van der Waals surface area contributed by atoms with E-state index in [4.69, 9.17) is 9.97 Å². The Morgan fingerprint density at radius 1 is 1.05 bits per heavy atom. The number of aryl methyl sites for hydroxylation is 1. The summed E-state index contributed by atoms with van der Waals surface area (Å²) in [6, 6.07) is 10.2. The van der Waals surface area contributed by atoms with E-state index in [0.717, 1.165) is 57.2 Å². The third-order valence-corrected chi connectivity index (χ3v) is 7.37. The maximum absolute atomic E-state index is 5.01. The van der Waals surface area contributed by atoms with E-state index in [-0.39, 0.29) is 0 Å². The second-order valence-electron chi connectivity index (χ2n) is 10.1. The van der Waals surface area contributed by atoms with Crippen molar-refractivity contribution in [3.05, 3.63) is 96.4 Å². The Balaban J connectivity index is 1.34. The van der Waals surface area contributed by atoms with Gasteiger partial charge in [-0.3, -0.25) is 15.1 Å². The third kappa shape index (κ3) is 4.79. The first kappa shape index (κ1) is 24.0. The second kappa shape index (κ2) is 10.5. The Kier molecular flexibility index (Phi) is 6.65. The fourth-order valence-corrected chi connectivity index (χ4v) is 5.48. The molecule has 6 rings (SSSR count). The van der Waals surface area contributed by atoms with Crippen LogP contribution < -0.4 is 0 Å². The zero-order chi connectivity index (χ0) is 25.9. The number of nitrogens with zero attached hydrogens (tertiary/aromatic N) is 5. The molecule has 7 heteroatoms. The van der Waals surface area contributed by atoms with E-state index in [2.05, 4.69) is 37.8 Å². The zero-order valence-corrected chi connectivity index (χ0v) is 21.6. The third-order valence-electron chi connectivity index (χ3n) is 7.37. The molecule has 1 aliphatic carbocycles. The minimum Gasteiger partial charge on any atom is -0.340 e. The van der Waals surface area contributed by atoms with Crippen molar-refractivity contribution in [2.24, 2.45) is 5.92 Å². The molecule has 7 nitrogen and oxygen atoms in total. The fraction of sp³-hybridized carbons (Fsp3) is 0.258. The zero-order valence-electron chi connectivity index (χ0n) is 21.6. The monoisotopic (exact) mass is 501 g/mol. The van der Waals surface area contributed by atoms with Crippen molar-refractivity contribution in [1.29, 1.82) is 0 Å². The predicted molar refractivity (Wildman–Crippen MR) is 151 cm³/mol. The van der Waals surface area contributed by atoms with E-state index >= 15 is 0 Å². The highest BCUT2D eigenvalue weighted by Gasteiger charge is 2.19. The summed E-state index contributed by atoms with van der Waals surface area (Å²) in [6.07, 6.45) is 19.0. The number of pyridine rings is 3. The lowest BCUT2D eigenvalue weighted by atomic mass is 9.85. The first-order chi connectivity index (χ1) is 18.7. The van der Waals surface area contributed by atoms with Crippen LogP contribution in [-0.4, -0.2) is 35.1 Å². The lowest BCUT2D eigenvalue weighted by Crippen LogP contribution is -2.09. The summed E-state index contributed by atoms with van der Waals surface area (Å²) in [5.74, 6) is 1.43. The first-order valence-corrected chi connectivity index (χ1v) is 13.3. The molecule has 1 saturated carbocycles. The van der Waals surface area contributed by atoms with Crippen LogP contribution in [0.25, 0.3) is 39.4 Å². The molecule has 5 aromatic rings. The predicted octanol–water partition coefficient (Wildman–Crippen LogP) is 6.85. The standard InChI is InChI=1S/C31H31N7/c1-3-8-25(23-11-7-14-32-18-23)28-20(2)34-31(36-28)30-29-27(37-38-30)13-12-26(35-29)24-16-22(17-33-19-24)15-21-9-5-4-6-10-21/h3,7-8,11-14,16-19,21H,1,4-6,9-10,15H2,2H3,(H,34,36)(H,37,38)/b25-8-. The number of H-pyrrole nitrogens is 2. The van der Waals surface area contributed by atoms with E-state index in [1.165, 1.54) is 37.7 Å². The second-order valence-corrected chi connectivity index (χ2v) is 10.1. The van der Waals surface area contributed by atoms with Crippen molar-refractivity contribution in [3.63, 3.8) is 0 Å². The Morgan fingerprint density at radius 2 is 1.95 bits per heavy atom. The Bertz CT molecular complexity index is 1600. The van der Waals surface area contributed by atoms with Gasteiger partial charge in [-0.05, 0) is 49.1 Å². The van der Waals surface area contributed by atoms with Gasteiger partial charge < -0.3 is 4.98 Å². The molecule has 2 N–H and O–H groups in total. The molecule has 0 atom stereocenters. The average molecular weight is 502 g/mol. The largest absolute Gasteiger partial charge is 0.340 e. The van der Waals surface area contributed by atoms with Crippen LogP contribution in [0.5, 0.6) is 0 Å². The molecule has 0 unspecified atom stereocenters. The first-order valence-electron chi connectivity index (χ1n) is 13.3. The topological polar surface area (TPSA) is 96.0 Å². The normalized spacial score (nSPS) is 14.7. The van der Waals surface area contributed by atoms with Crippen molar-refractivity contribution in [2.75, 3.05) is 0 Å². The van der Waals surface area contributed by atoms with Crippen LogP contribution in [0.3, 0.4) is 0 Å². The summed E-state index contributed by atoms with van der Waals surface area (Å²) in [7, 11) is 0. The molecule has 5 heterocycles. The highest BCUT2D eigenvalue weighted by molar-refractivity contribution is 5.90. The van der Waals surface area contributed by atoms with E-state index in [9.17, 15) is 0 Å². The number of nitrogens with one attached hydrogen (secondary N) is 2. The number of allylic oxidation sites excluding steroid dienone is 2. The SMILES string of the molecule is C=C/C=C(/c1cccnc1)c1nc(-c2n[nH]c3ccc(-c4cncc(CC5CCCCC5)c4)nc23)[nH]c1C. The van der Waals surface area contributed by atoms with Gasteiger partial charge >= 0.3 is 0 Å². The molecule has 190 valence electrons. The molecule has 0 amide bonds. The van der Waals surface area contributed by atoms with Crippen LogP contribution >= 0.6 is 0 Å². The van der Waals surface area contributed by atoms with Crippen LogP contribution in [0, 0.1) is 12.8 Å². The Hall–Kier alpha value is -4.39. The van der Waals surface area contributed by atoms with Crippen molar-refractivity contribution in [2.45, 2.75) is 45.4 Å². The minimum absolute atomic E-state index is 0.663. The van der Waals surface area contributed by atoms with E-state index < -0.39 is 0 Å². The Labute approximate surface area is 222 Å². The number of fused-ring (bicyclic) bond motifs is 1. The minimum atomic E-state index is 0.663. The maximum Gasteiger partial charge on any atom is 0.161 e. The summed E-state index contributed by atoms with van der Waals surface area (Å²) in [5.41, 5.74) is 9.20. The van der Waals surface area contributed by atoms with Crippen LogP contribution in [0.15, 0.2) is 73.9 Å². The maximum atomic E-state index is 5.01. The van der Waals surface area contributed by atoms with Crippen LogP contribution in [0.1, 0.15) is 54.6 Å². The fourth-order valence-electron chi connectivity index (χ4n) is 5.48. The van der Waals surface area contributed by atoms with Crippen LogP contribution in [0.4, 0.5) is 0 Å². The number of hydrogen-bond acceptors (Lipinski definition) is 5.